The van der Waals surface area contributed by atoms with Gasteiger partial charge in [0.15, 0.2) is 5.82 Å². The van der Waals surface area contributed by atoms with Crippen molar-refractivity contribution in [2.45, 2.75) is 26.4 Å². The van der Waals surface area contributed by atoms with E-state index >= 15 is 0 Å². The van der Waals surface area contributed by atoms with Crippen molar-refractivity contribution in [1.29, 1.82) is 0 Å². The van der Waals surface area contributed by atoms with Gasteiger partial charge < -0.3 is 14.2 Å². The van der Waals surface area contributed by atoms with Crippen molar-refractivity contribution in [3.63, 3.8) is 0 Å². The highest BCUT2D eigenvalue weighted by atomic mass is 16.5. The third-order valence-corrected chi connectivity index (χ3v) is 4.89. The lowest BCUT2D eigenvalue weighted by Crippen LogP contribution is -2.19. The first kappa shape index (κ1) is 16.0. The summed E-state index contributed by atoms with van der Waals surface area (Å²) >= 11 is 0. The molecule has 0 saturated carbocycles. The quantitative estimate of drug-likeness (QED) is 0.666. The van der Waals surface area contributed by atoms with Gasteiger partial charge in [0.25, 0.3) is 0 Å². The third kappa shape index (κ3) is 2.68. The van der Waals surface area contributed by atoms with Crippen LogP contribution in [0.5, 0.6) is 5.75 Å². The fourth-order valence-corrected chi connectivity index (χ4v) is 3.53. The number of hydrogen-bond donors (Lipinski definition) is 0. The number of anilines is 1. The summed E-state index contributed by atoms with van der Waals surface area (Å²) in [6.07, 6.45) is 9.77. The smallest absolute Gasteiger partial charge is 0.178 e. The van der Waals surface area contributed by atoms with E-state index in [1.165, 1.54) is 0 Å². The van der Waals surface area contributed by atoms with E-state index in [-0.39, 0.29) is 6.04 Å². The molecule has 8 heteroatoms. The summed E-state index contributed by atoms with van der Waals surface area (Å²) in [5.74, 6) is 3.39. The van der Waals surface area contributed by atoms with Gasteiger partial charge in [0.1, 0.15) is 36.0 Å². The van der Waals surface area contributed by atoms with Crippen LogP contribution in [0.4, 0.5) is 5.82 Å². The van der Waals surface area contributed by atoms with Gasteiger partial charge in [-0.3, -0.25) is 0 Å². The molecule has 0 bridgehead atoms. The molecule has 0 aromatic carbocycles. The molecular formula is C19H21N7O. The summed E-state index contributed by atoms with van der Waals surface area (Å²) < 4.78 is 10.0. The fourth-order valence-electron chi connectivity index (χ4n) is 3.53. The van der Waals surface area contributed by atoms with Gasteiger partial charge in [0.05, 0.1) is 12.1 Å². The van der Waals surface area contributed by atoms with Crippen molar-refractivity contribution in [3.05, 3.63) is 36.9 Å². The minimum absolute atomic E-state index is 0.220. The topological polar surface area (TPSA) is 73.9 Å². The Morgan fingerprint density at radius 1 is 1.11 bits per heavy atom. The van der Waals surface area contributed by atoms with Gasteiger partial charge in [0, 0.05) is 37.6 Å². The van der Waals surface area contributed by atoms with Gasteiger partial charge in [-0.05, 0) is 13.8 Å². The van der Waals surface area contributed by atoms with E-state index in [0.717, 1.165) is 54.1 Å². The van der Waals surface area contributed by atoms with Crippen LogP contribution in [0, 0.1) is 0 Å². The molecule has 0 radical (unpaired) electrons. The Bertz CT molecular complexity index is 1010. The number of hydrogen-bond acceptors (Lipinski definition) is 6. The second-order valence-corrected chi connectivity index (χ2v) is 7.03. The van der Waals surface area contributed by atoms with Crippen LogP contribution in [0.15, 0.2) is 36.9 Å². The minimum Gasteiger partial charge on any atom is -0.491 e. The minimum atomic E-state index is 0.220. The molecule has 0 aliphatic carbocycles. The monoisotopic (exact) mass is 363 g/mol. The molecule has 0 spiro atoms. The lowest BCUT2D eigenvalue weighted by molar-refractivity contribution is 0.306. The molecule has 2 aliphatic heterocycles. The second kappa shape index (κ2) is 6.22. The van der Waals surface area contributed by atoms with Crippen LogP contribution in [0.1, 0.15) is 19.9 Å². The van der Waals surface area contributed by atoms with Crippen LogP contribution < -0.4 is 9.64 Å². The number of fused-ring (bicyclic) bond motifs is 3. The van der Waals surface area contributed by atoms with Gasteiger partial charge in [0.2, 0.25) is 0 Å². The summed E-state index contributed by atoms with van der Waals surface area (Å²) in [7, 11) is 0. The Morgan fingerprint density at radius 2 is 1.96 bits per heavy atom. The standard InChI is InChI=1S/C19H21N7O/c1-13(2)26-19(21-12-22-26)15-11-25-7-8-27-16-9-17(24-5-3-4-6-24)20-10-14(16)18(25)23-15/h3-4,9-13H,5-8H2,1-2H3. The molecule has 0 N–H and O–H groups in total. The maximum atomic E-state index is 6.00. The molecule has 5 rings (SSSR count). The highest BCUT2D eigenvalue weighted by Gasteiger charge is 2.23. The van der Waals surface area contributed by atoms with Crippen molar-refractivity contribution in [3.8, 4) is 28.7 Å². The highest BCUT2D eigenvalue weighted by Crippen LogP contribution is 2.35. The maximum Gasteiger partial charge on any atom is 0.178 e. The Labute approximate surface area is 157 Å². The largest absolute Gasteiger partial charge is 0.491 e. The SMILES string of the molecule is CC(C)n1ncnc1-c1cn2c(n1)-c1cnc(N3CC=CC3)cc1OCC2. The van der Waals surface area contributed by atoms with E-state index in [1.54, 1.807) is 6.33 Å². The summed E-state index contributed by atoms with van der Waals surface area (Å²) in [5.41, 5.74) is 1.72. The van der Waals surface area contributed by atoms with Crippen molar-refractivity contribution in [2.75, 3.05) is 24.6 Å². The molecule has 0 fully saturated rings. The molecule has 5 heterocycles. The molecule has 0 saturated heterocycles. The first-order valence-electron chi connectivity index (χ1n) is 9.21. The summed E-state index contributed by atoms with van der Waals surface area (Å²) in [4.78, 5) is 16.1. The van der Waals surface area contributed by atoms with Crippen LogP contribution in [0.25, 0.3) is 22.9 Å². The molecule has 138 valence electrons. The summed E-state index contributed by atoms with van der Waals surface area (Å²) in [6.45, 7) is 7.26. The molecule has 2 aliphatic rings. The van der Waals surface area contributed by atoms with E-state index < -0.39 is 0 Å². The van der Waals surface area contributed by atoms with Gasteiger partial charge in [-0.25, -0.2) is 19.6 Å². The average Bonchev–Trinajstić information content (AvgIpc) is 3.40. The van der Waals surface area contributed by atoms with Gasteiger partial charge in [-0.2, -0.15) is 5.10 Å². The van der Waals surface area contributed by atoms with Gasteiger partial charge >= 0.3 is 0 Å². The number of pyridine rings is 1. The predicted molar refractivity (Wildman–Crippen MR) is 102 cm³/mol. The van der Waals surface area contributed by atoms with E-state index in [0.29, 0.717) is 6.61 Å². The Morgan fingerprint density at radius 3 is 2.78 bits per heavy atom. The fraction of sp³-hybridized carbons (Fsp3) is 0.368. The van der Waals surface area contributed by atoms with Crippen molar-refractivity contribution in [1.82, 2.24) is 29.3 Å². The van der Waals surface area contributed by atoms with E-state index in [2.05, 4.69) is 50.5 Å². The van der Waals surface area contributed by atoms with Crippen LogP contribution in [-0.4, -0.2) is 49.0 Å². The summed E-state index contributed by atoms with van der Waals surface area (Å²) in [6, 6.07) is 2.24. The van der Waals surface area contributed by atoms with E-state index in [1.807, 2.05) is 23.1 Å². The lowest BCUT2D eigenvalue weighted by Gasteiger charge is -2.17. The number of aromatic nitrogens is 6. The number of imidazole rings is 1. The highest BCUT2D eigenvalue weighted by molar-refractivity contribution is 5.69. The van der Waals surface area contributed by atoms with Crippen molar-refractivity contribution in [2.24, 2.45) is 0 Å². The molecule has 27 heavy (non-hydrogen) atoms. The van der Waals surface area contributed by atoms with Crippen molar-refractivity contribution < 1.29 is 4.74 Å². The Balaban J connectivity index is 1.56. The Hall–Kier alpha value is -3.16. The molecule has 0 unspecified atom stereocenters. The Kier molecular flexibility index (Phi) is 3.70. The molecule has 3 aromatic heterocycles. The summed E-state index contributed by atoms with van der Waals surface area (Å²) in [5, 5.41) is 4.32. The van der Waals surface area contributed by atoms with Gasteiger partial charge in [-0.1, -0.05) is 12.2 Å². The molecule has 3 aromatic rings. The molecule has 8 nitrogen and oxygen atoms in total. The van der Waals surface area contributed by atoms with E-state index in [4.69, 9.17) is 9.72 Å². The molecule has 0 amide bonds. The average molecular weight is 363 g/mol. The predicted octanol–water partition coefficient (Wildman–Crippen LogP) is 2.55. The zero-order chi connectivity index (χ0) is 18.4. The lowest BCUT2D eigenvalue weighted by atomic mass is 10.2. The second-order valence-electron chi connectivity index (χ2n) is 7.03. The molecular weight excluding hydrogens is 342 g/mol. The molecule has 0 atom stereocenters. The number of nitrogens with zero attached hydrogens (tertiary/aromatic N) is 7. The zero-order valence-corrected chi connectivity index (χ0v) is 15.4. The maximum absolute atomic E-state index is 6.00. The zero-order valence-electron chi connectivity index (χ0n) is 15.4. The first-order chi connectivity index (χ1) is 13.2. The first-order valence-corrected chi connectivity index (χ1v) is 9.21. The number of ether oxygens (including phenoxy) is 1. The van der Waals surface area contributed by atoms with Gasteiger partial charge in [-0.15, -0.1) is 0 Å². The van der Waals surface area contributed by atoms with Crippen LogP contribution in [0.3, 0.4) is 0 Å². The van der Waals surface area contributed by atoms with E-state index in [9.17, 15) is 0 Å². The van der Waals surface area contributed by atoms with Crippen LogP contribution in [0.2, 0.25) is 0 Å². The normalized spacial score (nSPS) is 15.6. The van der Waals surface area contributed by atoms with Crippen LogP contribution >= 0.6 is 0 Å². The third-order valence-electron chi connectivity index (χ3n) is 4.89. The van der Waals surface area contributed by atoms with Crippen molar-refractivity contribution >= 4 is 5.82 Å². The number of rotatable bonds is 3. The van der Waals surface area contributed by atoms with Crippen LogP contribution in [-0.2, 0) is 6.54 Å².